The van der Waals surface area contributed by atoms with Gasteiger partial charge in [0.1, 0.15) is 0 Å². The van der Waals surface area contributed by atoms with Crippen LogP contribution in [0.5, 0.6) is 0 Å². The molecule has 3 unspecified atom stereocenters. The number of nitrogens with zero attached hydrogens (tertiary/aromatic N) is 1. The molecule has 4 nitrogen and oxygen atoms in total. The van der Waals surface area contributed by atoms with E-state index in [0.717, 1.165) is 44.5 Å². The first-order chi connectivity index (χ1) is 10.9. The van der Waals surface area contributed by atoms with E-state index in [9.17, 15) is 18.7 Å². The first kappa shape index (κ1) is 17.8. The number of aliphatic hydroxyl groups excluding tert-OH is 1. The molecule has 1 aliphatic rings. The number of nitrogens with one attached hydrogen (secondary N) is 1. The lowest BCUT2D eigenvalue weighted by Gasteiger charge is -2.34. The van der Waals surface area contributed by atoms with Crippen LogP contribution in [0.4, 0.5) is 8.78 Å². The van der Waals surface area contributed by atoms with E-state index in [2.05, 4.69) is 10.2 Å². The highest BCUT2D eigenvalue weighted by atomic mass is 19.2. The van der Waals surface area contributed by atoms with Gasteiger partial charge < -0.3 is 10.4 Å². The number of carbonyl (C=O) groups is 1. The maximum Gasteiger partial charge on any atom is 0.237 e. The number of hydrogen-bond donors (Lipinski definition) is 2. The third-order valence-corrected chi connectivity index (χ3v) is 4.45. The lowest BCUT2D eigenvalue weighted by atomic mass is 9.99. The van der Waals surface area contributed by atoms with Gasteiger partial charge in [-0.05, 0) is 50.6 Å². The molecule has 1 aliphatic heterocycles. The zero-order chi connectivity index (χ0) is 17.0. The molecule has 0 radical (unpaired) electrons. The van der Waals surface area contributed by atoms with Gasteiger partial charge in [-0.25, -0.2) is 8.78 Å². The molecule has 3 atom stereocenters. The van der Waals surface area contributed by atoms with Crippen LogP contribution in [0.25, 0.3) is 0 Å². The highest BCUT2D eigenvalue weighted by Crippen LogP contribution is 2.21. The molecule has 1 aromatic carbocycles. The largest absolute Gasteiger partial charge is 0.386 e. The lowest BCUT2D eigenvalue weighted by Crippen LogP contribution is -2.52. The van der Waals surface area contributed by atoms with Gasteiger partial charge in [-0.3, -0.25) is 9.69 Å². The van der Waals surface area contributed by atoms with Crippen LogP contribution in [0.3, 0.4) is 0 Å². The second-order valence-corrected chi connectivity index (χ2v) is 6.06. The first-order valence-corrected chi connectivity index (χ1v) is 8.11. The molecule has 2 N–H and O–H groups in total. The summed E-state index contributed by atoms with van der Waals surface area (Å²) in [6, 6.07) is 2.48. The van der Waals surface area contributed by atoms with Crippen LogP contribution in [0, 0.1) is 11.6 Å². The van der Waals surface area contributed by atoms with E-state index in [1.165, 1.54) is 6.07 Å². The molecule has 0 spiro atoms. The minimum absolute atomic E-state index is 0.124. The van der Waals surface area contributed by atoms with E-state index in [4.69, 9.17) is 0 Å². The van der Waals surface area contributed by atoms with Crippen LogP contribution >= 0.6 is 0 Å². The number of aliphatic hydroxyl groups is 1. The third kappa shape index (κ3) is 4.26. The second-order valence-electron chi connectivity index (χ2n) is 6.06. The molecular weight excluding hydrogens is 302 g/mol. The molecule has 0 bridgehead atoms. The molecular formula is C17H24F2N2O2. The smallest absolute Gasteiger partial charge is 0.237 e. The molecule has 1 amide bonds. The van der Waals surface area contributed by atoms with E-state index in [-0.39, 0.29) is 17.5 Å². The average molecular weight is 326 g/mol. The maximum atomic E-state index is 13.3. The van der Waals surface area contributed by atoms with Crippen molar-refractivity contribution in [2.45, 2.75) is 51.3 Å². The molecule has 0 aliphatic carbocycles. The van der Waals surface area contributed by atoms with Crippen molar-refractivity contribution >= 4 is 5.91 Å². The summed E-state index contributed by atoms with van der Waals surface area (Å²) in [6.45, 7) is 5.38. The van der Waals surface area contributed by atoms with Gasteiger partial charge in [-0.15, -0.1) is 0 Å². The van der Waals surface area contributed by atoms with Crippen molar-refractivity contribution < 1.29 is 18.7 Å². The fraction of sp³-hybridized carbons (Fsp3) is 0.588. The molecule has 0 aromatic heterocycles. The summed E-state index contributed by atoms with van der Waals surface area (Å²) in [7, 11) is 0. The minimum atomic E-state index is -1.09. The first-order valence-electron chi connectivity index (χ1n) is 8.11. The Kier molecular flexibility index (Phi) is 6.07. The third-order valence-electron chi connectivity index (χ3n) is 4.45. The number of likely N-dealkylation sites (N-methyl/N-ethyl adjacent to an activating group) is 1. The number of likely N-dealkylation sites (tertiary alicyclic amines) is 1. The SMILES string of the molecule is CCN1CCCCC1C(=O)NC(C)C(O)c1ccc(F)c(F)c1. The number of piperidine rings is 1. The molecule has 0 saturated carbocycles. The van der Waals surface area contributed by atoms with Crippen LogP contribution in [0.1, 0.15) is 44.8 Å². The van der Waals surface area contributed by atoms with Crippen LogP contribution in [-0.2, 0) is 4.79 Å². The van der Waals surface area contributed by atoms with E-state index in [1.807, 2.05) is 6.92 Å². The fourth-order valence-corrected chi connectivity index (χ4v) is 3.05. The van der Waals surface area contributed by atoms with Crippen molar-refractivity contribution in [3.63, 3.8) is 0 Å². The summed E-state index contributed by atoms with van der Waals surface area (Å²) in [6.07, 6.45) is 1.81. The van der Waals surface area contributed by atoms with Crippen molar-refractivity contribution in [2.24, 2.45) is 0 Å². The standard InChI is InChI=1S/C17H24F2N2O2/c1-3-21-9-5-4-6-15(21)17(23)20-11(2)16(22)12-7-8-13(18)14(19)10-12/h7-8,10-11,15-16,22H,3-6,9H2,1-2H3,(H,20,23). The van der Waals surface area contributed by atoms with E-state index < -0.39 is 23.8 Å². The quantitative estimate of drug-likeness (QED) is 0.873. The summed E-state index contributed by atoms with van der Waals surface area (Å²) in [5.74, 6) is -2.09. The minimum Gasteiger partial charge on any atom is -0.386 e. The molecule has 2 rings (SSSR count). The second kappa shape index (κ2) is 7.84. The normalized spacial score (nSPS) is 21.7. The monoisotopic (exact) mass is 326 g/mol. The van der Waals surface area contributed by atoms with Crippen molar-refractivity contribution in [2.75, 3.05) is 13.1 Å². The average Bonchev–Trinajstić information content (AvgIpc) is 2.56. The van der Waals surface area contributed by atoms with Crippen molar-refractivity contribution in [3.05, 3.63) is 35.4 Å². The Bertz CT molecular complexity index is 553. The molecule has 128 valence electrons. The molecule has 6 heteroatoms. The Balaban J connectivity index is 2.00. The van der Waals surface area contributed by atoms with Crippen LogP contribution in [0.2, 0.25) is 0 Å². The van der Waals surface area contributed by atoms with Crippen molar-refractivity contribution in [1.29, 1.82) is 0 Å². The number of hydrogen-bond acceptors (Lipinski definition) is 3. The molecule has 1 fully saturated rings. The van der Waals surface area contributed by atoms with Crippen LogP contribution in [-0.4, -0.2) is 41.1 Å². The van der Waals surface area contributed by atoms with Gasteiger partial charge in [0.25, 0.3) is 0 Å². The van der Waals surface area contributed by atoms with Gasteiger partial charge in [0.05, 0.1) is 18.2 Å². The number of amides is 1. The summed E-state index contributed by atoms with van der Waals surface area (Å²) in [5, 5.41) is 13.1. The van der Waals surface area contributed by atoms with Gasteiger partial charge in [0.2, 0.25) is 5.91 Å². The van der Waals surface area contributed by atoms with E-state index >= 15 is 0 Å². The van der Waals surface area contributed by atoms with Gasteiger partial charge in [0, 0.05) is 0 Å². The number of carbonyl (C=O) groups excluding carboxylic acids is 1. The Hall–Kier alpha value is -1.53. The summed E-state index contributed by atoms with van der Waals surface area (Å²) in [4.78, 5) is 14.6. The molecule has 1 saturated heterocycles. The lowest BCUT2D eigenvalue weighted by molar-refractivity contribution is -0.129. The zero-order valence-corrected chi connectivity index (χ0v) is 13.6. The maximum absolute atomic E-state index is 13.3. The Morgan fingerprint density at radius 2 is 2.13 bits per heavy atom. The predicted octanol–water partition coefficient (Wildman–Crippen LogP) is 2.38. The van der Waals surface area contributed by atoms with Gasteiger partial charge in [-0.1, -0.05) is 19.4 Å². The fourth-order valence-electron chi connectivity index (χ4n) is 3.05. The Morgan fingerprint density at radius 1 is 1.39 bits per heavy atom. The number of halogens is 2. The Morgan fingerprint density at radius 3 is 2.78 bits per heavy atom. The van der Waals surface area contributed by atoms with Gasteiger partial charge >= 0.3 is 0 Å². The summed E-state index contributed by atoms with van der Waals surface area (Å²) >= 11 is 0. The summed E-state index contributed by atoms with van der Waals surface area (Å²) < 4.78 is 26.2. The highest BCUT2D eigenvalue weighted by Gasteiger charge is 2.29. The molecule has 23 heavy (non-hydrogen) atoms. The van der Waals surface area contributed by atoms with Crippen LogP contribution < -0.4 is 5.32 Å². The van der Waals surface area contributed by atoms with Crippen molar-refractivity contribution in [3.8, 4) is 0 Å². The predicted molar refractivity (Wildman–Crippen MR) is 83.8 cm³/mol. The topological polar surface area (TPSA) is 52.6 Å². The number of rotatable bonds is 5. The zero-order valence-electron chi connectivity index (χ0n) is 13.6. The summed E-state index contributed by atoms with van der Waals surface area (Å²) in [5.41, 5.74) is 0.243. The van der Waals surface area contributed by atoms with Gasteiger partial charge in [0.15, 0.2) is 11.6 Å². The van der Waals surface area contributed by atoms with Crippen LogP contribution in [0.15, 0.2) is 18.2 Å². The van der Waals surface area contributed by atoms with Crippen molar-refractivity contribution in [1.82, 2.24) is 10.2 Å². The highest BCUT2D eigenvalue weighted by molar-refractivity contribution is 5.82. The Labute approximate surface area is 135 Å². The molecule has 1 aromatic rings. The van der Waals surface area contributed by atoms with E-state index in [1.54, 1.807) is 6.92 Å². The number of benzene rings is 1. The molecule has 1 heterocycles. The van der Waals surface area contributed by atoms with Gasteiger partial charge in [-0.2, -0.15) is 0 Å². The van der Waals surface area contributed by atoms with E-state index in [0.29, 0.717) is 0 Å².